The van der Waals surface area contributed by atoms with E-state index in [4.69, 9.17) is 0 Å². The zero-order valence-corrected chi connectivity index (χ0v) is 13.4. The van der Waals surface area contributed by atoms with Crippen molar-refractivity contribution in [3.8, 4) is 0 Å². The third-order valence-corrected chi connectivity index (χ3v) is 5.25. The first-order valence-corrected chi connectivity index (χ1v) is 8.75. The Balaban J connectivity index is 2.12. The summed E-state index contributed by atoms with van der Waals surface area (Å²) in [6, 6.07) is 0.518. The number of nitrogens with one attached hydrogen (secondary N) is 1. The van der Waals surface area contributed by atoms with Crippen LogP contribution in [0.1, 0.15) is 71.6 Å². The lowest BCUT2D eigenvalue weighted by Gasteiger charge is -2.44. The second-order valence-electron chi connectivity index (χ2n) is 6.72. The highest BCUT2D eigenvalue weighted by Crippen LogP contribution is 2.38. The van der Waals surface area contributed by atoms with Gasteiger partial charge in [0.25, 0.3) is 0 Å². The molecule has 2 fully saturated rings. The molecule has 2 rings (SSSR count). The minimum atomic E-state index is -0.0523. The Bertz CT molecular complexity index is 303. The number of piperidine rings is 2. The van der Waals surface area contributed by atoms with Crippen molar-refractivity contribution in [2.45, 2.75) is 77.7 Å². The topological polar surface area (TPSA) is 32.3 Å². The summed E-state index contributed by atoms with van der Waals surface area (Å²) >= 11 is 0. The van der Waals surface area contributed by atoms with Gasteiger partial charge in [-0.15, -0.1) is 0 Å². The van der Waals surface area contributed by atoms with Crippen molar-refractivity contribution in [2.24, 2.45) is 5.41 Å². The minimum absolute atomic E-state index is 0.0523. The molecule has 1 amide bonds. The van der Waals surface area contributed by atoms with Crippen molar-refractivity contribution < 1.29 is 4.79 Å². The summed E-state index contributed by atoms with van der Waals surface area (Å²) in [6.45, 7) is 7.48. The number of rotatable bonds is 5. The Hall–Kier alpha value is -0.570. The van der Waals surface area contributed by atoms with E-state index in [-0.39, 0.29) is 5.41 Å². The van der Waals surface area contributed by atoms with E-state index in [1.165, 1.54) is 32.1 Å². The van der Waals surface area contributed by atoms with Gasteiger partial charge in [0.15, 0.2) is 0 Å². The van der Waals surface area contributed by atoms with Crippen molar-refractivity contribution in [3.05, 3.63) is 0 Å². The molecule has 116 valence electrons. The van der Waals surface area contributed by atoms with Crippen LogP contribution in [0.3, 0.4) is 0 Å². The van der Waals surface area contributed by atoms with Crippen LogP contribution >= 0.6 is 0 Å². The van der Waals surface area contributed by atoms with E-state index in [0.29, 0.717) is 11.9 Å². The van der Waals surface area contributed by atoms with Gasteiger partial charge >= 0.3 is 0 Å². The van der Waals surface area contributed by atoms with Crippen LogP contribution in [-0.4, -0.2) is 36.5 Å². The molecule has 2 heterocycles. The molecule has 0 spiro atoms. The molecule has 0 aromatic heterocycles. The zero-order valence-electron chi connectivity index (χ0n) is 13.4. The maximum atomic E-state index is 13.2. The fourth-order valence-corrected chi connectivity index (χ4v) is 4.16. The molecule has 0 aromatic carbocycles. The third kappa shape index (κ3) is 3.36. The molecule has 0 aromatic rings. The molecule has 2 saturated heterocycles. The van der Waals surface area contributed by atoms with Gasteiger partial charge in [-0.1, -0.05) is 26.7 Å². The van der Waals surface area contributed by atoms with Crippen LogP contribution < -0.4 is 5.32 Å². The molecule has 3 nitrogen and oxygen atoms in total. The lowest BCUT2D eigenvalue weighted by molar-refractivity contribution is -0.148. The largest absolute Gasteiger partial charge is 0.339 e. The highest BCUT2D eigenvalue weighted by molar-refractivity contribution is 5.83. The summed E-state index contributed by atoms with van der Waals surface area (Å²) in [5.74, 6) is 0.485. The van der Waals surface area contributed by atoms with Crippen LogP contribution in [0.4, 0.5) is 0 Å². The average molecular weight is 280 g/mol. The van der Waals surface area contributed by atoms with Gasteiger partial charge in [0.05, 0.1) is 5.41 Å². The second-order valence-corrected chi connectivity index (χ2v) is 6.72. The lowest BCUT2D eigenvalue weighted by atomic mass is 9.73. The van der Waals surface area contributed by atoms with Crippen LogP contribution in [0.5, 0.6) is 0 Å². The van der Waals surface area contributed by atoms with E-state index < -0.39 is 0 Å². The molecule has 0 saturated carbocycles. The summed E-state index contributed by atoms with van der Waals surface area (Å²) in [4.78, 5) is 15.5. The van der Waals surface area contributed by atoms with E-state index in [1.807, 2.05) is 0 Å². The molecular weight excluding hydrogens is 248 g/mol. The van der Waals surface area contributed by atoms with Crippen LogP contribution in [0.15, 0.2) is 0 Å². The molecule has 1 unspecified atom stereocenters. The normalized spacial score (nSPS) is 26.5. The molecular formula is C17H32N2O. The molecule has 0 aliphatic carbocycles. The van der Waals surface area contributed by atoms with Gasteiger partial charge in [-0.25, -0.2) is 0 Å². The molecule has 2 aliphatic heterocycles. The predicted molar refractivity (Wildman–Crippen MR) is 83.7 cm³/mol. The van der Waals surface area contributed by atoms with E-state index in [0.717, 1.165) is 45.3 Å². The van der Waals surface area contributed by atoms with Gasteiger partial charge in [0, 0.05) is 12.6 Å². The first-order valence-electron chi connectivity index (χ1n) is 8.75. The number of carbonyl (C=O) groups is 1. The zero-order chi connectivity index (χ0) is 14.4. The molecule has 20 heavy (non-hydrogen) atoms. The van der Waals surface area contributed by atoms with E-state index in [2.05, 4.69) is 24.1 Å². The van der Waals surface area contributed by atoms with Gasteiger partial charge in [0.1, 0.15) is 0 Å². The standard InChI is InChI=1S/C17H32N2O/c1-3-7-15-8-5-6-14-19(15)16(20)17(9-4-2)10-12-18-13-11-17/h15,18H,3-14H2,1-2H3. The number of carbonyl (C=O) groups excluding carboxylic acids is 1. The van der Waals surface area contributed by atoms with Crippen LogP contribution in [0.25, 0.3) is 0 Å². The quantitative estimate of drug-likeness (QED) is 0.837. The molecule has 3 heteroatoms. The number of nitrogens with zero attached hydrogens (tertiary/aromatic N) is 1. The number of hydrogen-bond donors (Lipinski definition) is 1. The summed E-state index contributed by atoms with van der Waals surface area (Å²) in [5, 5.41) is 3.42. The van der Waals surface area contributed by atoms with Gasteiger partial charge < -0.3 is 10.2 Å². The number of likely N-dealkylation sites (tertiary alicyclic amines) is 1. The predicted octanol–water partition coefficient (Wildman–Crippen LogP) is 3.34. The fourth-order valence-electron chi connectivity index (χ4n) is 4.16. The van der Waals surface area contributed by atoms with Crippen molar-refractivity contribution in [2.75, 3.05) is 19.6 Å². The van der Waals surface area contributed by atoms with E-state index >= 15 is 0 Å². The third-order valence-electron chi connectivity index (χ3n) is 5.25. The molecule has 0 bridgehead atoms. The Morgan fingerprint density at radius 1 is 1.20 bits per heavy atom. The van der Waals surface area contributed by atoms with Gasteiger partial charge in [0.2, 0.25) is 5.91 Å². The highest BCUT2D eigenvalue weighted by Gasteiger charge is 2.43. The fraction of sp³-hybridized carbons (Fsp3) is 0.941. The smallest absolute Gasteiger partial charge is 0.229 e. The highest BCUT2D eigenvalue weighted by atomic mass is 16.2. The van der Waals surface area contributed by atoms with Crippen LogP contribution in [0.2, 0.25) is 0 Å². The SMILES string of the molecule is CCCC1CCCCN1C(=O)C1(CCC)CCNCC1. The molecule has 1 N–H and O–H groups in total. The van der Waals surface area contributed by atoms with E-state index in [1.54, 1.807) is 0 Å². The van der Waals surface area contributed by atoms with Crippen molar-refractivity contribution in [1.29, 1.82) is 0 Å². The van der Waals surface area contributed by atoms with Crippen LogP contribution in [-0.2, 0) is 4.79 Å². The van der Waals surface area contributed by atoms with Crippen molar-refractivity contribution >= 4 is 5.91 Å². The Labute approximate surface area is 124 Å². The minimum Gasteiger partial charge on any atom is -0.339 e. The van der Waals surface area contributed by atoms with Gasteiger partial charge in [-0.3, -0.25) is 4.79 Å². The lowest BCUT2D eigenvalue weighted by Crippen LogP contribution is -2.53. The molecule has 2 aliphatic rings. The van der Waals surface area contributed by atoms with Gasteiger partial charge in [-0.2, -0.15) is 0 Å². The molecule has 0 radical (unpaired) electrons. The van der Waals surface area contributed by atoms with Crippen molar-refractivity contribution in [3.63, 3.8) is 0 Å². The summed E-state index contributed by atoms with van der Waals surface area (Å²) < 4.78 is 0. The van der Waals surface area contributed by atoms with E-state index in [9.17, 15) is 4.79 Å². The first-order chi connectivity index (χ1) is 9.73. The first kappa shape index (κ1) is 15.8. The number of hydrogen-bond acceptors (Lipinski definition) is 2. The summed E-state index contributed by atoms with van der Waals surface area (Å²) in [5.41, 5.74) is -0.0523. The Morgan fingerprint density at radius 2 is 1.95 bits per heavy atom. The monoisotopic (exact) mass is 280 g/mol. The second kappa shape index (κ2) is 7.44. The van der Waals surface area contributed by atoms with Crippen LogP contribution in [0, 0.1) is 5.41 Å². The Kier molecular flexibility index (Phi) is 5.88. The molecule has 1 atom stereocenters. The number of amides is 1. The van der Waals surface area contributed by atoms with Crippen molar-refractivity contribution in [1.82, 2.24) is 10.2 Å². The maximum absolute atomic E-state index is 13.2. The summed E-state index contributed by atoms with van der Waals surface area (Å²) in [7, 11) is 0. The Morgan fingerprint density at radius 3 is 2.60 bits per heavy atom. The summed E-state index contributed by atoms with van der Waals surface area (Å²) in [6.07, 6.45) is 10.4. The van der Waals surface area contributed by atoms with Gasteiger partial charge in [-0.05, 0) is 58.0 Å². The average Bonchev–Trinajstić information content (AvgIpc) is 2.49. The maximum Gasteiger partial charge on any atom is 0.229 e.